The molecule has 4 nitrogen and oxygen atoms in total. The molecule has 1 aliphatic heterocycles. The highest BCUT2D eigenvalue weighted by Crippen LogP contribution is 2.11. The van der Waals surface area contributed by atoms with Crippen LogP contribution in [0.15, 0.2) is 30.3 Å². The van der Waals surface area contributed by atoms with E-state index < -0.39 is 0 Å². The summed E-state index contributed by atoms with van der Waals surface area (Å²) >= 11 is 0. The lowest BCUT2D eigenvalue weighted by Crippen LogP contribution is -2.30. The quantitative estimate of drug-likeness (QED) is 0.812. The Morgan fingerprint density at radius 3 is 2.79 bits per heavy atom. The monoisotopic (exact) mass is 260 g/mol. The van der Waals surface area contributed by atoms with Gasteiger partial charge in [0, 0.05) is 25.4 Å². The molecule has 1 fully saturated rings. The fourth-order valence-electron chi connectivity index (χ4n) is 2.28. The maximum absolute atomic E-state index is 11.6. The zero-order chi connectivity index (χ0) is 13.5. The molecule has 2 amide bonds. The SMILES string of the molecule is O=C(CC[C@@H]1CCC(=O)N1)NCCc1ccccc1. The predicted octanol–water partition coefficient (Wildman–Crippen LogP) is 1.40. The van der Waals surface area contributed by atoms with Crippen LogP contribution in [0.5, 0.6) is 0 Å². The van der Waals surface area contributed by atoms with Crippen LogP contribution in [0.25, 0.3) is 0 Å². The van der Waals surface area contributed by atoms with Crippen LogP contribution in [0.1, 0.15) is 31.2 Å². The zero-order valence-electron chi connectivity index (χ0n) is 11.0. The lowest BCUT2D eigenvalue weighted by atomic mass is 10.1. The van der Waals surface area contributed by atoms with Crippen molar-refractivity contribution >= 4 is 11.8 Å². The normalized spacial score (nSPS) is 18.1. The average molecular weight is 260 g/mol. The molecule has 2 N–H and O–H groups in total. The van der Waals surface area contributed by atoms with Crippen molar-refractivity contribution in [2.24, 2.45) is 0 Å². The van der Waals surface area contributed by atoms with Crippen LogP contribution in [0.2, 0.25) is 0 Å². The van der Waals surface area contributed by atoms with E-state index in [9.17, 15) is 9.59 Å². The van der Waals surface area contributed by atoms with E-state index >= 15 is 0 Å². The summed E-state index contributed by atoms with van der Waals surface area (Å²) in [6.07, 6.45) is 3.53. The summed E-state index contributed by atoms with van der Waals surface area (Å²) in [6, 6.07) is 10.3. The topological polar surface area (TPSA) is 58.2 Å². The van der Waals surface area contributed by atoms with Gasteiger partial charge in [0.25, 0.3) is 0 Å². The summed E-state index contributed by atoms with van der Waals surface area (Å²) in [6.45, 7) is 0.667. The molecule has 4 heteroatoms. The zero-order valence-corrected chi connectivity index (χ0v) is 11.0. The molecule has 1 heterocycles. The standard InChI is InChI=1S/C15H20N2O2/c18-14(8-6-13-7-9-15(19)17-13)16-11-10-12-4-2-1-3-5-12/h1-5,13H,6-11H2,(H,16,18)(H,17,19)/t13-/m1/s1. The second-order valence-corrected chi connectivity index (χ2v) is 4.93. The van der Waals surface area contributed by atoms with E-state index in [1.165, 1.54) is 5.56 Å². The van der Waals surface area contributed by atoms with Crippen molar-refractivity contribution in [1.82, 2.24) is 10.6 Å². The maximum Gasteiger partial charge on any atom is 0.220 e. The molecule has 1 atom stereocenters. The summed E-state index contributed by atoms with van der Waals surface area (Å²) in [5.74, 6) is 0.173. The minimum atomic E-state index is 0.0667. The van der Waals surface area contributed by atoms with Crippen molar-refractivity contribution in [2.75, 3.05) is 6.54 Å². The van der Waals surface area contributed by atoms with Crippen LogP contribution in [-0.4, -0.2) is 24.4 Å². The average Bonchev–Trinajstić information content (AvgIpc) is 2.83. The summed E-state index contributed by atoms with van der Waals surface area (Å²) in [5.41, 5.74) is 1.23. The lowest BCUT2D eigenvalue weighted by Gasteiger charge is -2.09. The highest BCUT2D eigenvalue weighted by Gasteiger charge is 2.20. The number of amides is 2. The molecule has 0 unspecified atom stereocenters. The molecule has 0 bridgehead atoms. The Labute approximate surface area is 113 Å². The first-order valence-electron chi connectivity index (χ1n) is 6.84. The Balaban J connectivity index is 1.58. The van der Waals surface area contributed by atoms with Gasteiger partial charge in [-0.05, 0) is 24.8 Å². The summed E-state index contributed by atoms with van der Waals surface area (Å²) < 4.78 is 0. The van der Waals surface area contributed by atoms with Crippen molar-refractivity contribution in [3.63, 3.8) is 0 Å². The van der Waals surface area contributed by atoms with E-state index in [1.807, 2.05) is 18.2 Å². The molecule has 1 aliphatic rings. The first kappa shape index (κ1) is 13.6. The molecular formula is C15H20N2O2. The van der Waals surface area contributed by atoms with Gasteiger partial charge in [0.2, 0.25) is 11.8 Å². The van der Waals surface area contributed by atoms with E-state index in [2.05, 4.69) is 22.8 Å². The number of carbonyl (C=O) groups is 2. The van der Waals surface area contributed by atoms with Crippen LogP contribution in [-0.2, 0) is 16.0 Å². The molecule has 0 saturated carbocycles. The molecule has 2 rings (SSSR count). The third-order valence-corrected chi connectivity index (χ3v) is 3.38. The predicted molar refractivity (Wildman–Crippen MR) is 73.6 cm³/mol. The molecule has 102 valence electrons. The smallest absolute Gasteiger partial charge is 0.220 e. The second kappa shape index (κ2) is 6.92. The van der Waals surface area contributed by atoms with Crippen molar-refractivity contribution in [3.05, 3.63) is 35.9 Å². The van der Waals surface area contributed by atoms with Crippen molar-refractivity contribution < 1.29 is 9.59 Å². The van der Waals surface area contributed by atoms with Gasteiger partial charge >= 0.3 is 0 Å². The number of hydrogen-bond acceptors (Lipinski definition) is 2. The van der Waals surface area contributed by atoms with Gasteiger partial charge in [-0.15, -0.1) is 0 Å². The Hall–Kier alpha value is -1.84. The molecule has 1 aromatic rings. The first-order chi connectivity index (χ1) is 9.24. The van der Waals surface area contributed by atoms with Gasteiger partial charge in [-0.3, -0.25) is 9.59 Å². The molecule has 1 saturated heterocycles. The highest BCUT2D eigenvalue weighted by molar-refractivity contribution is 5.79. The Kier molecular flexibility index (Phi) is 4.95. The van der Waals surface area contributed by atoms with Crippen molar-refractivity contribution in [1.29, 1.82) is 0 Å². The minimum absolute atomic E-state index is 0.0667. The minimum Gasteiger partial charge on any atom is -0.356 e. The highest BCUT2D eigenvalue weighted by atomic mass is 16.2. The van der Waals surface area contributed by atoms with Crippen molar-refractivity contribution in [2.45, 2.75) is 38.1 Å². The van der Waals surface area contributed by atoms with Gasteiger partial charge in [-0.2, -0.15) is 0 Å². The fraction of sp³-hybridized carbons (Fsp3) is 0.467. The molecule has 19 heavy (non-hydrogen) atoms. The van der Waals surface area contributed by atoms with Crippen molar-refractivity contribution in [3.8, 4) is 0 Å². The molecule has 0 spiro atoms. The van der Waals surface area contributed by atoms with Gasteiger partial charge in [-0.1, -0.05) is 30.3 Å². The third-order valence-electron chi connectivity index (χ3n) is 3.38. The molecular weight excluding hydrogens is 240 g/mol. The van der Waals surface area contributed by atoms with E-state index in [4.69, 9.17) is 0 Å². The van der Waals surface area contributed by atoms with Crippen LogP contribution < -0.4 is 10.6 Å². The number of nitrogens with one attached hydrogen (secondary N) is 2. The Morgan fingerprint density at radius 1 is 1.32 bits per heavy atom. The Bertz CT molecular complexity index is 431. The van der Waals surface area contributed by atoms with Gasteiger partial charge < -0.3 is 10.6 Å². The number of rotatable bonds is 6. The molecule has 0 aliphatic carbocycles. The van der Waals surface area contributed by atoms with Crippen LogP contribution in [0.3, 0.4) is 0 Å². The largest absolute Gasteiger partial charge is 0.356 e. The summed E-state index contributed by atoms with van der Waals surface area (Å²) in [4.78, 5) is 22.7. The van der Waals surface area contributed by atoms with E-state index in [1.54, 1.807) is 0 Å². The fourth-order valence-corrected chi connectivity index (χ4v) is 2.28. The summed E-state index contributed by atoms with van der Waals surface area (Å²) in [5, 5.41) is 5.79. The van der Waals surface area contributed by atoms with Crippen LogP contribution in [0.4, 0.5) is 0 Å². The first-order valence-corrected chi connectivity index (χ1v) is 6.84. The van der Waals surface area contributed by atoms with Gasteiger partial charge in [0.1, 0.15) is 0 Å². The Morgan fingerprint density at radius 2 is 2.11 bits per heavy atom. The van der Waals surface area contributed by atoms with Gasteiger partial charge in [0.05, 0.1) is 0 Å². The van der Waals surface area contributed by atoms with Crippen LogP contribution in [0, 0.1) is 0 Å². The maximum atomic E-state index is 11.6. The number of carbonyl (C=O) groups excluding carboxylic acids is 2. The molecule has 0 aromatic heterocycles. The molecule has 1 aromatic carbocycles. The van der Waals surface area contributed by atoms with Gasteiger partial charge in [-0.25, -0.2) is 0 Å². The van der Waals surface area contributed by atoms with E-state index in [0.717, 1.165) is 19.3 Å². The third kappa shape index (κ3) is 4.73. The second-order valence-electron chi connectivity index (χ2n) is 4.93. The summed E-state index contributed by atoms with van der Waals surface area (Å²) in [7, 11) is 0. The van der Waals surface area contributed by atoms with Gasteiger partial charge in [0.15, 0.2) is 0 Å². The van der Waals surface area contributed by atoms with E-state index in [0.29, 0.717) is 19.4 Å². The lowest BCUT2D eigenvalue weighted by molar-refractivity contribution is -0.122. The van der Waals surface area contributed by atoms with E-state index in [-0.39, 0.29) is 17.9 Å². The molecule has 0 radical (unpaired) electrons. The number of benzene rings is 1. The van der Waals surface area contributed by atoms with Crippen LogP contribution >= 0.6 is 0 Å². The number of hydrogen-bond donors (Lipinski definition) is 2.